The van der Waals surface area contributed by atoms with E-state index < -0.39 is 11.6 Å². The highest BCUT2D eigenvalue weighted by molar-refractivity contribution is 5.89. The fourth-order valence-corrected chi connectivity index (χ4v) is 2.69. The number of benzene rings is 2. The average Bonchev–Trinajstić information content (AvgIpc) is 2.66. The minimum Gasteiger partial charge on any atom is -0.494 e. The standard InChI is InChI=1S/C21H20O5/c1-3-14-5-10-18-16(12-20(22)26-19(18)11-14)13-25-21(23)15-6-8-17(9-7-15)24-4-2/h5-12H,3-4,13H2,1-2H3. The molecule has 26 heavy (non-hydrogen) atoms. The molecule has 0 atom stereocenters. The summed E-state index contributed by atoms with van der Waals surface area (Å²) in [6, 6.07) is 13.8. The van der Waals surface area contributed by atoms with Gasteiger partial charge in [-0.1, -0.05) is 19.1 Å². The predicted molar refractivity (Wildman–Crippen MR) is 98.6 cm³/mol. The quantitative estimate of drug-likeness (QED) is 0.493. The van der Waals surface area contributed by atoms with Crippen molar-refractivity contribution >= 4 is 16.9 Å². The van der Waals surface area contributed by atoms with Crippen LogP contribution in [0.15, 0.2) is 57.7 Å². The summed E-state index contributed by atoms with van der Waals surface area (Å²) in [5.41, 5.74) is 2.17. The molecule has 0 spiro atoms. The normalized spacial score (nSPS) is 10.7. The Morgan fingerprint density at radius 3 is 2.50 bits per heavy atom. The molecular weight excluding hydrogens is 332 g/mol. The van der Waals surface area contributed by atoms with E-state index in [0.29, 0.717) is 29.1 Å². The van der Waals surface area contributed by atoms with Crippen LogP contribution in [0.3, 0.4) is 0 Å². The topological polar surface area (TPSA) is 65.7 Å². The van der Waals surface area contributed by atoms with Crippen molar-refractivity contribution in [3.63, 3.8) is 0 Å². The minimum atomic E-state index is -0.460. The zero-order chi connectivity index (χ0) is 18.5. The van der Waals surface area contributed by atoms with Crippen molar-refractivity contribution in [2.75, 3.05) is 6.61 Å². The number of rotatable bonds is 6. The van der Waals surface area contributed by atoms with Gasteiger partial charge in [-0.15, -0.1) is 0 Å². The van der Waals surface area contributed by atoms with E-state index in [1.54, 1.807) is 24.3 Å². The molecule has 134 valence electrons. The number of carbonyl (C=O) groups is 1. The largest absolute Gasteiger partial charge is 0.494 e. The van der Waals surface area contributed by atoms with E-state index >= 15 is 0 Å². The minimum absolute atomic E-state index is 0.000381. The fraction of sp³-hybridized carbons (Fsp3) is 0.238. The van der Waals surface area contributed by atoms with Gasteiger partial charge in [-0.05, 0) is 49.2 Å². The maximum atomic E-state index is 12.2. The second-order valence-electron chi connectivity index (χ2n) is 5.81. The van der Waals surface area contributed by atoms with Crippen LogP contribution in [0.25, 0.3) is 11.0 Å². The lowest BCUT2D eigenvalue weighted by Gasteiger charge is -2.09. The highest BCUT2D eigenvalue weighted by Crippen LogP contribution is 2.20. The number of fused-ring (bicyclic) bond motifs is 1. The molecule has 0 radical (unpaired) electrons. The van der Waals surface area contributed by atoms with Gasteiger partial charge >= 0.3 is 11.6 Å². The molecule has 0 bridgehead atoms. The first-order chi connectivity index (χ1) is 12.6. The van der Waals surface area contributed by atoms with Crippen molar-refractivity contribution in [3.05, 3.63) is 75.6 Å². The number of carbonyl (C=O) groups excluding carboxylic acids is 1. The van der Waals surface area contributed by atoms with Crippen LogP contribution in [-0.4, -0.2) is 12.6 Å². The van der Waals surface area contributed by atoms with Crippen LogP contribution in [0, 0.1) is 0 Å². The SMILES string of the molecule is CCOc1ccc(C(=O)OCc2cc(=O)oc3cc(CC)ccc23)cc1. The summed E-state index contributed by atoms with van der Waals surface area (Å²) < 4.78 is 16.0. The van der Waals surface area contributed by atoms with Gasteiger partial charge in [0.2, 0.25) is 0 Å². The van der Waals surface area contributed by atoms with E-state index in [2.05, 4.69) is 0 Å². The summed E-state index contributed by atoms with van der Waals surface area (Å²) in [4.78, 5) is 24.0. The number of hydrogen-bond donors (Lipinski definition) is 0. The van der Waals surface area contributed by atoms with E-state index in [0.717, 1.165) is 17.4 Å². The molecule has 0 saturated heterocycles. The van der Waals surface area contributed by atoms with Gasteiger partial charge in [0, 0.05) is 17.0 Å². The van der Waals surface area contributed by atoms with Crippen LogP contribution < -0.4 is 10.4 Å². The Hall–Kier alpha value is -3.08. The third-order valence-electron chi connectivity index (χ3n) is 4.06. The molecule has 0 amide bonds. The first-order valence-corrected chi connectivity index (χ1v) is 8.56. The molecule has 0 saturated carbocycles. The second-order valence-corrected chi connectivity index (χ2v) is 5.81. The van der Waals surface area contributed by atoms with Gasteiger partial charge in [0.15, 0.2) is 0 Å². The zero-order valence-corrected chi connectivity index (χ0v) is 14.8. The summed E-state index contributed by atoms with van der Waals surface area (Å²) in [5.74, 6) is 0.238. The zero-order valence-electron chi connectivity index (χ0n) is 14.8. The summed E-state index contributed by atoms with van der Waals surface area (Å²) in [7, 11) is 0. The average molecular weight is 352 g/mol. The van der Waals surface area contributed by atoms with E-state index in [-0.39, 0.29) is 6.61 Å². The Morgan fingerprint density at radius 2 is 1.81 bits per heavy atom. The Balaban J connectivity index is 1.78. The van der Waals surface area contributed by atoms with Gasteiger partial charge in [-0.2, -0.15) is 0 Å². The molecule has 0 aliphatic rings. The Bertz CT molecular complexity index is 970. The molecule has 1 heterocycles. The van der Waals surface area contributed by atoms with Crippen molar-refractivity contribution in [1.29, 1.82) is 0 Å². The molecule has 2 aromatic carbocycles. The Morgan fingerprint density at radius 1 is 1.04 bits per heavy atom. The molecule has 1 aromatic heterocycles. The number of ether oxygens (including phenoxy) is 2. The third kappa shape index (κ3) is 3.94. The van der Waals surface area contributed by atoms with Crippen molar-refractivity contribution in [1.82, 2.24) is 0 Å². The fourth-order valence-electron chi connectivity index (χ4n) is 2.69. The highest BCUT2D eigenvalue weighted by Gasteiger charge is 2.11. The van der Waals surface area contributed by atoms with Crippen LogP contribution >= 0.6 is 0 Å². The molecule has 3 aromatic rings. The van der Waals surface area contributed by atoms with Gasteiger partial charge in [0.25, 0.3) is 0 Å². The van der Waals surface area contributed by atoms with Crippen LogP contribution in [0.1, 0.15) is 35.3 Å². The number of esters is 1. The maximum absolute atomic E-state index is 12.2. The van der Waals surface area contributed by atoms with Gasteiger partial charge in [-0.3, -0.25) is 0 Å². The van der Waals surface area contributed by atoms with Gasteiger partial charge in [0.05, 0.1) is 12.2 Å². The first-order valence-electron chi connectivity index (χ1n) is 8.56. The first kappa shape index (κ1) is 17.7. The molecule has 0 aliphatic carbocycles. The lowest BCUT2D eigenvalue weighted by atomic mass is 10.1. The second kappa shape index (κ2) is 7.87. The highest BCUT2D eigenvalue weighted by atomic mass is 16.5. The molecule has 5 heteroatoms. The van der Waals surface area contributed by atoms with Crippen LogP contribution in [0.4, 0.5) is 0 Å². The van der Waals surface area contributed by atoms with Crippen LogP contribution in [-0.2, 0) is 17.8 Å². The molecular formula is C21H20O5. The smallest absolute Gasteiger partial charge is 0.338 e. The molecule has 0 fully saturated rings. The van der Waals surface area contributed by atoms with E-state index in [1.165, 1.54) is 6.07 Å². The lowest BCUT2D eigenvalue weighted by Crippen LogP contribution is -2.08. The molecule has 0 N–H and O–H groups in total. The van der Waals surface area contributed by atoms with Crippen molar-refractivity contribution in [2.45, 2.75) is 26.9 Å². The monoisotopic (exact) mass is 352 g/mol. The molecule has 3 rings (SSSR count). The molecule has 0 aliphatic heterocycles. The summed E-state index contributed by atoms with van der Waals surface area (Å²) in [6.45, 7) is 4.49. The Labute approximate surface area is 151 Å². The molecule has 0 unspecified atom stereocenters. The Kier molecular flexibility index (Phi) is 5.37. The van der Waals surface area contributed by atoms with Crippen LogP contribution in [0.2, 0.25) is 0 Å². The van der Waals surface area contributed by atoms with Crippen LogP contribution in [0.5, 0.6) is 5.75 Å². The van der Waals surface area contributed by atoms with Gasteiger partial charge in [0.1, 0.15) is 17.9 Å². The van der Waals surface area contributed by atoms with Gasteiger partial charge in [-0.25, -0.2) is 9.59 Å². The summed E-state index contributed by atoms with van der Waals surface area (Å²) in [6.07, 6.45) is 0.844. The third-order valence-corrected chi connectivity index (χ3v) is 4.06. The summed E-state index contributed by atoms with van der Waals surface area (Å²) in [5, 5.41) is 0.765. The maximum Gasteiger partial charge on any atom is 0.338 e. The summed E-state index contributed by atoms with van der Waals surface area (Å²) >= 11 is 0. The molecule has 5 nitrogen and oxygen atoms in total. The van der Waals surface area contributed by atoms with Crippen molar-refractivity contribution < 1.29 is 18.7 Å². The predicted octanol–water partition coefficient (Wildman–Crippen LogP) is 4.11. The number of aryl methyl sites for hydroxylation is 1. The van der Waals surface area contributed by atoms with E-state index in [4.69, 9.17) is 13.9 Å². The van der Waals surface area contributed by atoms with E-state index in [1.807, 2.05) is 32.0 Å². The number of hydrogen-bond acceptors (Lipinski definition) is 5. The van der Waals surface area contributed by atoms with Gasteiger partial charge < -0.3 is 13.9 Å². The van der Waals surface area contributed by atoms with Crippen molar-refractivity contribution in [3.8, 4) is 5.75 Å². The van der Waals surface area contributed by atoms with Crippen molar-refractivity contribution in [2.24, 2.45) is 0 Å². The van der Waals surface area contributed by atoms with E-state index in [9.17, 15) is 9.59 Å². The lowest BCUT2D eigenvalue weighted by molar-refractivity contribution is 0.0474.